The molecule has 0 aromatic heterocycles. The molecule has 2 saturated heterocycles. The monoisotopic (exact) mass is 529 g/mol. The predicted molar refractivity (Wildman–Crippen MR) is 135 cm³/mol. The van der Waals surface area contributed by atoms with Crippen LogP contribution < -0.4 is 0 Å². The average molecular weight is 530 g/mol. The van der Waals surface area contributed by atoms with Gasteiger partial charge < -0.3 is 4.90 Å². The van der Waals surface area contributed by atoms with Crippen LogP contribution in [0.5, 0.6) is 0 Å². The summed E-state index contributed by atoms with van der Waals surface area (Å²) in [6.07, 6.45) is 1.81. The van der Waals surface area contributed by atoms with E-state index in [0.29, 0.717) is 12.5 Å². The molecule has 33 heavy (non-hydrogen) atoms. The molecule has 2 aliphatic rings. The first-order valence-corrected chi connectivity index (χ1v) is 12.6. The van der Waals surface area contributed by atoms with E-state index in [2.05, 4.69) is 94.4 Å². The van der Waals surface area contributed by atoms with Crippen LogP contribution in [0.2, 0.25) is 0 Å². The molecule has 4 unspecified atom stereocenters. The second kappa shape index (κ2) is 12.4. The van der Waals surface area contributed by atoms with Gasteiger partial charge in [-0.15, -0.1) is 0 Å². The molecule has 0 saturated carbocycles. The summed E-state index contributed by atoms with van der Waals surface area (Å²) < 4.78 is -0.917. The minimum absolute atomic E-state index is 0. The minimum atomic E-state index is -0.917. The molecule has 2 aliphatic heterocycles. The Balaban J connectivity index is 0.00000306. The van der Waals surface area contributed by atoms with Crippen LogP contribution in [0.25, 0.3) is 0 Å². The zero-order valence-electron chi connectivity index (χ0n) is 19.7. The Bertz CT molecular complexity index is 839. The van der Waals surface area contributed by atoms with Crippen LogP contribution in [-0.4, -0.2) is 84.0 Å². The van der Waals surface area contributed by atoms with Crippen LogP contribution in [0.15, 0.2) is 60.7 Å². The molecule has 7 heteroatoms. The number of fused-ring (bicyclic) bond motifs is 3. The van der Waals surface area contributed by atoms with E-state index in [4.69, 9.17) is 23.2 Å². The van der Waals surface area contributed by atoms with Gasteiger partial charge in [0.2, 0.25) is 0 Å². The summed E-state index contributed by atoms with van der Waals surface area (Å²) in [5.41, 5.74) is 2.67. The normalized spacial score (nSPS) is 29.7. The second-order valence-electron chi connectivity index (χ2n) is 9.32. The fourth-order valence-corrected chi connectivity index (χ4v) is 5.73. The van der Waals surface area contributed by atoms with Crippen molar-refractivity contribution in [2.45, 2.75) is 29.4 Å². The molecule has 0 aliphatic carbocycles. The summed E-state index contributed by atoms with van der Waals surface area (Å²) in [6, 6.07) is 22.2. The van der Waals surface area contributed by atoms with Gasteiger partial charge in [0.05, 0.1) is 0 Å². The van der Waals surface area contributed by atoms with Gasteiger partial charge in [0.25, 0.3) is 0 Å². The Morgan fingerprint density at radius 1 is 0.697 bits per heavy atom. The molecule has 0 spiro atoms. The first-order valence-electron chi connectivity index (χ1n) is 11.8. The molecule has 2 bridgehead atoms. The van der Waals surface area contributed by atoms with Gasteiger partial charge in [-0.2, -0.15) is 0 Å². The Labute approximate surface area is 220 Å². The Hall–Kier alpha value is -0.621. The van der Waals surface area contributed by atoms with E-state index >= 15 is 0 Å². The summed E-state index contributed by atoms with van der Waals surface area (Å²) >= 11 is 14.2. The SMILES string of the molecule is CN1CCC(c2ccccc2)N2CCN(C)C(c3ccccc3)CC(Cl)(Cl)N(CC1)CC2.[Mn]. The molecule has 4 nitrogen and oxygen atoms in total. The number of hydrogen-bond donors (Lipinski definition) is 0. The van der Waals surface area contributed by atoms with Gasteiger partial charge in [-0.1, -0.05) is 83.9 Å². The number of benzene rings is 2. The summed E-state index contributed by atoms with van der Waals surface area (Å²) in [5, 5.41) is 0. The van der Waals surface area contributed by atoms with Crippen molar-refractivity contribution in [3.8, 4) is 0 Å². The van der Waals surface area contributed by atoms with E-state index in [9.17, 15) is 0 Å². The van der Waals surface area contributed by atoms with E-state index in [1.54, 1.807) is 0 Å². The molecule has 2 heterocycles. The van der Waals surface area contributed by atoms with Crippen LogP contribution in [0.3, 0.4) is 0 Å². The Kier molecular flexibility index (Phi) is 10.1. The third-order valence-corrected chi connectivity index (χ3v) is 7.96. The first-order chi connectivity index (χ1) is 15.4. The summed E-state index contributed by atoms with van der Waals surface area (Å²) in [7, 11) is 4.42. The molecule has 1 radical (unpaired) electrons. The first kappa shape index (κ1) is 27.0. The standard InChI is InChI=1S/C26H36Cl2N4.Mn/c1-29-14-13-24(22-9-5-3-6-10-22)31-17-16-30(2)25(23-11-7-4-8-12-23)21-26(27,28)32(19-15-29)20-18-31;/h3-12,24-25H,13-21H2,1-2H3;. The van der Waals surface area contributed by atoms with Crippen LogP contribution >= 0.6 is 23.2 Å². The van der Waals surface area contributed by atoms with Gasteiger partial charge >= 0.3 is 0 Å². The third-order valence-electron chi connectivity index (χ3n) is 7.18. The molecule has 181 valence electrons. The number of likely N-dealkylation sites (N-methyl/N-ethyl adjacent to an activating group) is 2. The zero-order valence-corrected chi connectivity index (χ0v) is 22.4. The fourth-order valence-electron chi connectivity index (χ4n) is 5.10. The number of hydrogen-bond acceptors (Lipinski definition) is 4. The molecule has 0 N–H and O–H groups in total. The number of rotatable bonds is 2. The van der Waals surface area contributed by atoms with Crippen LogP contribution in [0.1, 0.15) is 36.1 Å². The van der Waals surface area contributed by atoms with Crippen molar-refractivity contribution in [1.82, 2.24) is 19.6 Å². The summed E-state index contributed by atoms with van der Waals surface area (Å²) in [4.78, 5) is 9.80. The quantitative estimate of drug-likeness (QED) is 0.312. The molecular weight excluding hydrogens is 494 g/mol. The van der Waals surface area contributed by atoms with Crippen molar-refractivity contribution in [2.75, 3.05) is 59.9 Å². The molecule has 4 atom stereocenters. The van der Waals surface area contributed by atoms with Crippen molar-refractivity contribution in [3.05, 3.63) is 71.8 Å². The topological polar surface area (TPSA) is 13.0 Å². The van der Waals surface area contributed by atoms with Crippen LogP contribution in [-0.2, 0) is 17.1 Å². The van der Waals surface area contributed by atoms with Gasteiger partial charge in [0, 0.05) is 74.8 Å². The van der Waals surface area contributed by atoms with E-state index in [0.717, 1.165) is 52.2 Å². The molecule has 2 aromatic carbocycles. The predicted octanol–water partition coefficient (Wildman–Crippen LogP) is 4.87. The second-order valence-corrected chi connectivity index (χ2v) is 10.8. The van der Waals surface area contributed by atoms with E-state index in [1.807, 2.05) is 0 Å². The van der Waals surface area contributed by atoms with E-state index in [-0.39, 0.29) is 23.1 Å². The van der Waals surface area contributed by atoms with Crippen molar-refractivity contribution >= 4 is 23.2 Å². The molecular formula is C26H36Cl2MnN4. The van der Waals surface area contributed by atoms with Crippen molar-refractivity contribution in [2.24, 2.45) is 0 Å². The maximum Gasteiger partial charge on any atom is 0.173 e. The Morgan fingerprint density at radius 2 is 1.24 bits per heavy atom. The van der Waals surface area contributed by atoms with Crippen LogP contribution in [0, 0.1) is 0 Å². The van der Waals surface area contributed by atoms with Crippen LogP contribution in [0.4, 0.5) is 0 Å². The average Bonchev–Trinajstić information content (AvgIpc) is 2.80. The van der Waals surface area contributed by atoms with Gasteiger partial charge in [0.15, 0.2) is 4.46 Å². The minimum Gasteiger partial charge on any atom is -0.305 e. The van der Waals surface area contributed by atoms with E-state index in [1.165, 1.54) is 11.1 Å². The number of halogens is 2. The maximum absolute atomic E-state index is 7.12. The number of nitrogens with zero attached hydrogens (tertiary/aromatic N) is 4. The summed E-state index contributed by atoms with van der Waals surface area (Å²) in [5.74, 6) is 0. The van der Waals surface area contributed by atoms with Crippen molar-refractivity contribution in [3.63, 3.8) is 0 Å². The molecule has 4 rings (SSSR count). The largest absolute Gasteiger partial charge is 0.305 e. The van der Waals surface area contributed by atoms with Gasteiger partial charge in [0.1, 0.15) is 0 Å². The zero-order chi connectivity index (χ0) is 22.6. The number of alkyl halides is 2. The van der Waals surface area contributed by atoms with E-state index < -0.39 is 4.46 Å². The van der Waals surface area contributed by atoms with Gasteiger partial charge in [-0.3, -0.25) is 14.7 Å². The smallest absolute Gasteiger partial charge is 0.173 e. The van der Waals surface area contributed by atoms with Crippen molar-refractivity contribution < 1.29 is 17.1 Å². The molecule has 2 aromatic rings. The van der Waals surface area contributed by atoms with Gasteiger partial charge in [-0.25, -0.2) is 0 Å². The van der Waals surface area contributed by atoms with Crippen molar-refractivity contribution in [1.29, 1.82) is 0 Å². The van der Waals surface area contributed by atoms with Gasteiger partial charge in [-0.05, 0) is 38.2 Å². The maximum atomic E-state index is 7.12. The fraction of sp³-hybridized carbons (Fsp3) is 0.538. The third kappa shape index (κ3) is 6.96. The molecule has 0 amide bonds. The molecule has 2 fully saturated rings. The summed E-state index contributed by atoms with van der Waals surface area (Å²) in [6.45, 7) is 6.73. The Morgan fingerprint density at radius 3 is 1.88 bits per heavy atom.